The van der Waals surface area contributed by atoms with Crippen LogP contribution in [-0.2, 0) is 4.79 Å². The summed E-state index contributed by atoms with van der Waals surface area (Å²) in [5.74, 6) is -0.390. The van der Waals surface area contributed by atoms with E-state index in [0.717, 1.165) is 24.1 Å². The first kappa shape index (κ1) is 14.2. The van der Waals surface area contributed by atoms with E-state index < -0.39 is 6.04 Å². The lowest BCUT2D eigenvalue weighted by Gasteiger charge is -2.17. The molecule has 0 aliphatic carbocycles. The zero-order valence-electron chi connectivity index (χ0n) is 10.8. The Labute approximate surface area is 107 Å². The minimum absolute atomic E-state index is 0.390. The number of anilines is 1. The highest BCUT2D eigenvalue weighted by atomic mass is 16.3. The summed E-state index contributed by atoms with van der Waals surface area (Å²) in [6, 6.07) is 7.33. The molecule has 1 aromatic rings. The molecule has 0 aliphatic rings. The Kier molecular flexibility index (Phi) is 5.84. The minimum Gasteiger partial charge on any atom is -0.374 e. The zero-order valence-corrected chi connectivity index (χ0v) is 10.8. The maximum absolute atomic E-state index is 11.7. The Morgan fingerprint density at radius 3 is 2.56 bits per heavy atom. The van der Waals surface area contributed by atoms with Crippen LogP contribution >= 0.6 is 0 Å². The van der Waals surface area contributed by atoms with Gasteiger partial charge in [0.2, 0.25) is 0 Å². The third-order valence-electron chi connectivity index (χ3n) is 2.71. The Bertz CT molecular complexity index is 390. The van der Waals surface area contributed by atoms with Crippen LogP contribution in [0.4, 0.5) is 5.69 Å². The van der Waals surface area contributed by atoms with Crippen molar-refractivity contribution in [1.29, 1.82) is 0 Å². The molecule has 0 spiro atoms. The Balaban J connectivity index is 2.67. The van der Waals surface area contributed by atoms with Crippen molar-refractivity contribution in [2.24, 2.45) is 5.29 Å². The molecule has 0 fully saturated rings. The van der Waals surface area contributed by atoms with Crippen molar-refractivity contribution in [3.8, 4) is 0 Å². The normalized spacial score (nSPS) is 11.7. The largest absolute Gasteiger partial charge is 0.374 e. The van der Waals surface area contributed by atoms with E-state index in [1.165, 1.54) is 0 Å². The number of carbonyl (C=O) groups excluding carboxylic acids is 1. The van der Waals surface area contributed by atoms with Gasteiger partial charge >= 0.3 is 0 Å². The highest BCUT2D eigenvalue weighted by Crippen LogP contribution is 2.13. The van der Waals surface area contributed by atoms with E-state index in [2.05, 4.69) is 17.5 Å². The second-order valence-electron chi connectivity index (χ2n) is 4.27. The van der Waals surface area contributed by atoms with E-state index in [1.807, 2.05) is 36.6 Å². The fraction of sp³-hybridized carbons (Fsp3) is 0.462. The van der Waals surface area contributed by atoms with Gasteiger partial charge < -0.3 is 5.32 Å². The molecule has 0 bridgehead atoms. The van der Waals surface area contributed by atoms with Crippen molar-refractivity contribution in [1.82, 2.24) is 5.43 Å². The molecule has 18 heavy (non-hydrogen) atoms. The molecule has 1 atom stereocenters. The van der Waals surface area contributed by atoms with Crippen LogP contribution in [-0.4, -0.2) is 11.9 Å². The quantitative estimate of drug-likeness (QED) is 0.576. The van der Waals surface area contributed by atoms with E-state index in [9.17, 15) is 9.70 Å². The van der Waals surface area contributed by atoms with Crippen LogP contribution in [0.1, 0.15) is 31.7 Å². The third kappa shape index (κ3) is 4.53. The molecular formula is C13H19N3O2. The molecular weight excluding hydrogens is 230 g/mol. The number of nitroso groups, excluding NO2 is 1. The number of unbranched alkanes of at least 4 members (excludes halogenated alkanes) is 1. The number of carbonyl (C=O) groups is 1. The molecule has 0 saturated heterocycles. The number of nitrogens with zero attached hydrogens (tertiary/aromatic N) is 1. The summed E-state index contributed by atoms with van der Waals surface area (Å²) < 4.78 is 0. The molecule has 0 aliphatic heterocycles. The molecule has 5 nitrogen and oxygen atoms in total. The molecule has 0 heterocycles. The Hall–Kier alpha value is -1.91. The van der Waals surface area contributed by atoms with Gasteiger partial charge in [0.1, 0.15) is 6.04 Å². The third-order valence-corrected chi connectivity index (χ3v) is 2.71. The average molecular weight is 249 g/mol. The van der Waals surface area contributed by atoms with E-state index in [0.29, 0.717) is 6.42 Å². The van der Waals surface area contributed by atoms with Gasteiger partial charge in [0.25, 0.3) is 5.91 Å². The maximum atomic E-state index is 11.7. The minimum atomic E-state index is -0.426. The van der Waals surface area contributed by atoms with E-state index in [1.54, 1.807) is 0 Å². The second kappa shape index (κ2) is 7.42. The summed E-state index contributed by atoms with van der Waals surface area (Å²) in [5, 5.41) is 5.55. The van der Waals surface area contributed by atoms with Gasteiger partial charge in [-0.25, -0.2) is 5.43 Å². The number of hydrogen-bond donors (Lipinski definition) is 2. The lowest BCUT2D eigenvalue weighted by atomic mass is 10.1. The van der Waals surface area contributed by atoms with Crippen LogP contribution in [0.25, 0.3) is 0 Å². The summed E-state index contributed by atoms with van der Waals surface area (Å²) in [7, 11) is 0. The summed E-state index contributed by atoms with van der Waals surface area (Å²) >= 11 is 0. The smallest absolute Gasteiger partial charge is 0.265 e. The molecule has 0 saturated carbocycles. The van der Waals surface area contributed by atoms with Crippen LogP contribution in [0.3, 0.4) is 0 Å². The number of amides is 1. The highest BCUT2D eigenvalue weighted by molar-refractivity contribution is 5.84. The number of aryl methyl sites for hydroxylation is 1. The molecule has 0 aromatic heterocycles. The molecule has 1 rings (SSSR count). The van der Waals surface area contributed by atoms with Crippen LogP contribution in [0, 0.1) is 11.8 Å². The van der Waals surface area contributed by atoms with Crippen molar-refractivity contribution in [3.05, 3.63) is 34.7 Å². The van der Waals surface area contributed by atoms with Crippen molar-refractivity contribution in [2.45, 2.75) is 39.2 Å². The van der Waals surface area contributed by atoms with Crippen molar-refractivity contribution in [3.63, 3.8) is 0 Å². The zero-order chi connectivity index (χ0) is 13.4. The summed E-state index contributed by atoms with van der Waals surface area (Å²) in [4.78, 5) is 21.7. The predicted molar refractivity (Wildman–Crippen MR) is 72.1 cm³/mol. The first-order valence-electron chi connectivity index (χ1n) is 6.12. The van der Waals surface area contributed by atoms with Gasteiger partial charge in [-0.15, -0.1) is 4.91 Å². The van der Waals surface area contributed by atoms with Crippen LogP contribution in [0.2, 0.25) is 0 Å². The highest BCUT2D eigenvalue weighted by Gasteiger charge is 2.17. The first-order chi connectivity index (χ1) is 8.67. The van der Waals surface area contributed by atoms with E-state index >= 15 is 0 Å². The number of hydrogen-bond acceptors (Lipinski definition) is 4. The van der Waals surface area contributed by atoms with E-state index in [4.69, 9.17) is 0 Å². The van der Waals surface area contributed by atoms with Crippen molar-refractivity contribution in [2.75, 3.05) is 5.32 Å². The molecule has 98 valence electrons. The summed E-state index contributed by atoms with van der Waals surface area (Å²) in [6.45, 7) is 4.06. The summed E-state index contributed by atoms with van der Waals surface area (Å²) in [6.07, 6.45) is 2.58. The molecule has 1 unspecified atom stereocenters. The van der Waals surface area contributed by atoms with E-state index in [-0.39, 0.29) is 5.91 Å². The van der Waals surface area contributed by atoms with Crippen LogP contribution < -0.4 is 10.7 Å². The predicted octanol–water partition coefficient (Wildman–Crippen LogP) is 2.76. The average Bonchev–Trinajstić information content (AvgIpc) is 2.37. The molecule has 0 radical (unpaired) electrons. The SMILES string of the molecule is CCCCC(Nc1ccc(C)cc1)C(=O)NN=O. The second-order valence-corrected chi connectivity index (χ2v) is 4.27. The van der Waals surface area contributed by atoms with Gasteiger partial charge in [0.05, 0.1) is 5.29 Å². The van der Waals surface area contributed by atoms with Gasteiger partial charge in [-0.05, 0) is 25.5 Å². The fourth-order valence-corrected chi connectivity index (χ4v) is 1.65. The lowest BCUT2D eigenvalue weighted by Crippen LogP contribution is -2.37. The van der Waals surface area contributed by atoms with Gasteiger partial charge in [0.15, 0.2) is 0 Å². The van der Waals surface area contributed by atoms with Gasteiger partial charge in [-0.2, -0.15) is 0 Å². The number of rotatable bonds is 7. The molecule has 2 N–H and O–H groups in total. The Morgan fingerprint density at radius 1 is 1.33 bits per heavy atom. The molecule has 5 heteroatoms. The fourth-order valence-electron chi connectivity index (χ4n) is 1.65. The maximum Gasteiger partial charge on any atom is 0.265 e. The number of nitrogens with one attached hydrogen (secondary N) is 2. The Morgan fingerprint density at radius 2 is 2.00 bits per heavy atom. The standard InChI is InChI=1S/C13H19N3O2/c1-3-4-5-12(13(17)15-16-18)14-11-8-6-10(2)7-9-11/h6-9,12,14H,3-5H2,1-2H3,(H,15,17,18). The lowest BCUT2D eigenvalue weighted by molar-refractivity contribution is -0.122. The monoisotopic (exact) mass is 249 g/mol. The van der Waals surface area contributed by atoms with Crippen molar-refractivity contribution >= 4 is 11.6 Å². The van der Waals surface area contributed by atoms with Gasteiger partial charge in [0, 0.05) is 5.69 Å². The summed E-state index contributed by atoms with van der Waals surface area (Å²) in [5.41, 5.74) is 3.97. The van der Waals surface area contributed by atoms with Crippen LogP contribution in [0.15, 0.2) is 29.6 Å². The molecule has 1 amide bonds. The van der Waals surface area contributed by atoms with Crippen LogP contribution in [0.5, 0.6) is 0 Å². The van der Waals surface area contributed by atoms with Gasteiger partial charge in [-0.1, -0.05) is 37.5 Å². The molecule has 1 aromatic carbocycles. The first-order valence-corrected chi connectivity index (χ1v) is 6.12. The van der Waals surface area contributed by atoms with Crippen molar-refractivity contribution < 1.29 is 4.79 Å². The topological polar surface area (TPSA) is 70.6 Å². The van der Waals surface area contributed by atoms with Gasteiger partial charge in [-0.3, -0.25) is 4.79 Å². The number of benzene rings is 1.